The van der Waals surface area contributed by atoms with Crippen molar-refractivity contribution in [3.63, 3.8) is 0 Å². The molecule has 7 heteroatoms. The van der Waals surface area contributed by atoms with Crippen molar-refractivity contribution < 1.29 is 9.90 Å². The van der Waals surface area contributed by atoms with Crippen LogP contribution in [0, 0.1) is 0 Å². The number of carbonyl (C=O) groups excluding carboxylic acids is 1. The largest absolute Gasteiger partial charge is 0.507 e. The van der Waals surface area contributed by atoms with Crippen molar-refractivity contribution in [1.82, 2.24) is 20.1 Å². The van der Waals surface area contributed by atoms with Crippen LogP contribution in [0.1, 0.15) is 25.5 Å². The summed E-state index contributed by atoms with van der Waals surface area (Å²) in [6.07, 6.45) is 0. The number of para-hydroxylation sites is 1. The van der Waals surface area contributed by atoms with Crippen LogP contribution < -0.4 is 5.32 Å². The number of thioether (sulfide) groups is 1. The maximum atomic E-state index is 12.3. The van der Waals surface area contributed by atoms with E-state index in [2.05, 4.69) is 15.5 Å². The number of aromatic nitrogens is 3. The Balaban J connectivity index is 1.66. The molecule has 0 spiro atoms. The van der Waals surface area contributed by atoms with Crippen LogP contribution in [0.5, 0.6) is 5.75 Å². The molecule has 1 aromatic heterocycles. The lowest BCUT2D eigenvalue weighted by Crippen LogP contribution is -2.28. The van der Waals surface area contributed by atoms with Crippen molar-refractivity contribution in [2.45, 2.75) is 31.6 Å². The molecule has 140 valence electrons. The number of phenolic OH excluding ortho intramolecular Hbond substituents is 1. The quantitative estimate of drug-likeness (QED) is 0.610. The van der Waals surface area contributed by atoms with E-state index in [1.165, 1.54) is 11.8 Å². The molecule has 1 atom stereocenters. The minimum atomic E-state index is -0.0638. The standard InChI is InChI=1S/C20H22N4O2S/c1-3-24-19(16-11-7-8-12-17(16)25)22-23-20(24)27-13-18(26)21-14(2)15-9-5-4-6-10-15/h4-12,14,25H,3,13H2,1-2H3,(H,21,26)/t14-/m0/s1. The number of hydrogen-bond donors (Lipinski definition) is 2. The van der Waals surface area contributed by atoms with Gasteiger partial charge in [0.2, 0.25) is 5.91 Å². The second-order valence-electron chi connectivity index (χ2n) is 6.06. The molecule has 0 saturated heterocycles. The van der Waals surface area contributed by atoms with E-state index >= 15 is 0 Å². The molecular formula is C20H22N4O2S. The molecule has 1 heterocycles. The highest BCUT2D eigenvalue weighted by atomic mass is 32.2. The van der Waals surface area contributed by atoms with Crippen molar-refractivity contribution in [3.05, 3.63) is 60.2 Å². The topological polar surface area (TPSA) is 80.0 Å². The second-order valence-corrected chi connectivity index (χ2v) is 7.00. The molecule has 0 aliphatic rings. The zero-order valence-corrected chi connectivity index (χ0v) is 16.1. The van der Waals surface area contributed by atoms with Gasteiger partial charge in [0, 0.05) is 6.54 Å². The minimum absolute atomic E-state index is 0.0554. The molecular weight excluding hydrogens is 360 g/mol. The molecule has 27 heavy (non-hydrogen) atoms. The molecule has 0 fully saturated rings. The van der Waals surface area contributed by atoms with Gasteiger partial charge in [-0.25, -0.2) is 0 Å². The average Bonchev–Trinajstić information content (AvgIpc) is 3.10. The maximum absolute atomic E-state index is 12.3. The molecule has 6 nitrogen and oxygen atoms in total. The van der Waals surface area contributed by atoms with E-state index in [1.54, 1.807) is 18.2 Å². The van der Waals surface area contributed by atoms with Crippen LogP contribution in [0.4, 0.5) is 0 Å². The first-order chi connectivity index (χ1) is 13.1. The highest BCUT2D eigenvalue weighted by Crippen LogP contribution is 2.30. The Morgan fingerprint density at radius 2 is 1.85 bits per heavy atom. The van der Waals surface area contributed by atoms with Crippen molar-refractivity contribution in [2.24, 2.45) is 0 Å². The molecule has 2 N–H and O–H groups in total. The van der Waals surface area contributed by atoms with Gasteiger partial charge in [0.25, 0.3) is 0 Å². The highest BCUT2D eigenvalue weighted by Gasteiger charge is 2.17. The Morgan fingerprint density at radius 3 is 2.56 bits per heavy atom. The minimum Gasteiger partial charge on any atom is -0.507 e. The van der Waals surface area contributed by atoms with E-state index in [4.69, 9.17) is 0 Å². The van der Waals surface area contributed by atoms with Gasteiger partial charge in [0.05, 0.1) is 17.4 Å². The zero-order chi connectivity index (χ0) is 19.2. The van der Waals surface area contributed by atoms with Gasteiger partial charge in [-0.3, -0.25) is 4.79 Å². The SMILES string of the molecule is CCn1c(SCC(=O)N[C@@H](C)c2ccccc2)nnc1-c1ccccc1O. The average molecular weight is 382 g/mol. The normalized spacial score (nSPS) is 11.9. The van der Waals surface area contributed by atoms with Crippen LogP contribution >= 0.6 is 11.8 Å². The fourth-order valence-corrected chi connectivity index (χ4v) is 3.59. The van der Waals surface area contributed by atoms with E-state index in [-0.39, 0.29) is 23.5 Å². The van der Waals surface area contributed by atoms with Gasteiger partial charge in [0.1, 0.15) is 5.75 Å². The van der Waals surface area contributed by atoms with Gasteiger partial charge >= 0.3 is 0 Å². The number of amides is 1. The molecule has 3 rings (SSSR count). The zero-order valence-electron chi connectivity index (χ0n) is 15.3. The van der Waals surface area contributed by atoms with E-state index in [0.29, 0.717) is 23.1 Å². The predicted octanol–water partition coefficient (Wildman–Crippen LogP) is 3.64. The number of aromatic hydroxyl groups is 1. The van der Waals surface area contributed by atoms with Crippen molar-refractivity contribution in [1.29, 1.82) is 0 Å². The molecule has 1 amide bonds. The Hall–Kier alpha value is -2.80. The summed E-state index contributed by atoms with van der Waals surface area (Å²) in [7, 11) is 0. The predicted molar refractivity (Wildman–Crippen MR) is 107 cm³/mol. The van der Waals surface area contributed by atoms with Gasteiger partial charge in [-0.05, 0) is 31.5 Å². The van der Waals surface area contributed by atoms with Gasteiger partial charge in [0.15, 0.2) is 11.0 Å². The summed E-state index contributed by atoms with van der Waals surface area (Å²) in [5.74, 6) is 0.934. The van der Waals surface area contributed by atoms with Crippen molar-refractivity contribution in [2.75, 3.05) is 5.75 Å². The first-order valence-corrected chi connectivity index (χ1v) is 9.77. The summed E-state index contributed by atoms with van der Waals surface area (Å²) in [5.41, 5.74) is 1.69. The van der Waals surface area contributed by atoms with Crippen LogP contribution in [-0.4, -0.2) is 31.5 Å². The Morgan fingerprint density at radius 1 is 1.15 bits per heavy atom. The first kappa shape index (κ1) is 19.0. The van der Waals surface area contributed by atoms with Crippen LogP contribution in [0.2, 0.25) is 0 Å². The number of carbonyl (C=O) groups is 1. The molecule has 2 aromatic carbocycles. The molecule has 0 radical (unpaired) electrons. The van der Waals surface area contributed by atoms with Crippen LogP contribution in [0.3, 0.4) is 0 Å². The number of benzene rings is 2. The first-order valence-electron chi connectivity index (χ1n) is 8.78. The summed E-state index contributed by atoms with van der Waals surface area (Å²) < 4.78 is 1.90. The number of phenols is 1. The van der Waals surface area contributed by atoms with E-state index in [1.807, 2.05) is 54.8 Å². The Bertz CT molecular complexity index is 911. The molecule has 3 aromatic rings. The summed E-state index contributed by atoms with van der Waals surface area (Å²) in [5, 5.41) is 22.1. The third-order valence-corrected chi connectivity index (χ3v) is 5.15. The lowest BCUT2D eigenvalue weighted by atomic mass is 10.1. The number of rotatable bonds is 7. The summed E-state index contributed by atoms with van der Waals surface area (Å²) >= 11 is 1.33. The highest BCUT2D eigenvalue weighted by molar-refractivity contribution is 7.99. The van der Waals surface area contributed by atoms with Gasteiger partial charge in [-0.15, -0.1) is 10.2 Å². The monoisotopic (exact) mass is 382 g/mol. The second kappa shape index (κ2) is 8.73. The molecule has 0 aliphatic carbocycles. The summed E-state index contributed by atoms with van der Waals surface area (Å²) in [6, 6.07) is 16.8. The number of nitrogens with one attached hydrogen (secondary N) is 1. The molecule has 0 aliphatic heterocycles. The lowest BCUT2D eigenvalue weighted by molar-refractivity contribution is -0.119. The van der Waals surface area contributed by atoms with Gasteiger partial charge in [-0.2, -0.15) is 0 Å². The molecule has 0 saturated carbocycles. The molecule has 0 unspecified atom stereocenters. The summed E-state index contributed by atoms with van der Waals surface area (Å²) in [6.45, 7) is 4.58. The van der Waals surface area contributed by atoms with Crippen LogP contribution in [0.25, 0.3) is 11.4 Å². The fourth-order valence-electron chi connectivity index (χ4n) is 2.78. The Kier molecular flexibility index (Phi) is 6.13. The number of nitrogens with zero attached hydrogens (tertiary/aromatic N) is 3. The van der Waals surface area contributed by atoms with Crippen LogP contribution in [0.15, 0.2) is 59.8 Å². The third-order valence-electron chi connectivity index (χ3n) is 4.19. The van der Waals surface area contributed by atoms with Crippen molar-refractivity contribution in [3.8, 4) is 17.1 Å². The van der Waals surface area contributed by atoms with Crippen molar-refractivity contribution >= 4 is 17.7 Å². The molecule has 0 bridgehead atoms. The van der Waals surface area contributed by atoms with E-state index < -0.39 is 0 Å². The number of hydrogen-bond acceptors (Lipinski definition) is 5. The maximum Gasteiger partial charge on any atom is 0.230 e. The fraction of sp³-hybridized carbons (Fsp3) is 0.250. The summed E-state index contributed by atoms with van der Waals surface area (Å²) in [4.78, 5) is 12.3. The van der Waals surface area contributed by atoms with Crippen LogP contribution in [-0.2, 0) is 11.3 Å². The van der Waals surface area contributed by atoms with E-state index in [0.717, 1.165) is 5.56 Å². The van der Waals surface area contributed by atoms with Gasteiger partial charge in [-0.1, -0.05) is 54.2 Å². The third kappa shape index (κ3) is 4.49. The van der Waals surface area contributed by atoms with E-state index in [9.17, 15) is 9.90 Å². The lowest BCUT2D eigenvalue weighted by Gasteiger charge is -2.14. The smallest absolute Gasteiger partial charge is 0.230 e. The van der Waals surface area contributed by atoms with Gasteiger partial charge < -0.3 is 15.0 Å². The Labute approximate surface area is 162 Å².